The van der Waals surface area contributed by atoms with Gasteiger partial charge in [0.15, 0.2) is 5.60 Å². The van der Waals surface area contributed by atoms with Gasteiger partial charge in [-0.3, -0.25) is 19.6 Å². The zero-order chi connectivity index (χ0) is 29.8. The van der Waals surface area contributed by atoms with Gasteiger partial charge in [0, 0.05) is 37.6 Å². The Balaban J connectivity index is 0.000000302. The SMILES string of the molecule is Cc1ccc(CN(CCCn2ccnc2)Cc2cn[nH]c2-c2ccccc2)o1.O=C(O)CC(O)(CC(=O)O)C(=O)O. The lowest BCUT2D eigenvalue weighted by Gasteiger charge is -2.21. The summed E-state index contributed by atoms with van der Waals surface area (Å²) in [5, 5.41) is 41.3. The van der Waals surface area contributed by atoms with Crippen LogP contribution in [0.15, 0.2) is 71.8 Å². The van der Waals surface area contributed by atoms with Crippen LogP contribution in [0.1, 0.15) is 36.3 Å². The molecule has 0 fully saturated rings. The topological polar surface area (TPSA) is 195 Å². The van der Waals surface area contributed by atoms with Crippen molar-refractivity contribution in [2.24, 2.45) is 0 Å². The quantitative estimate of drug-likeness (QED) is 0.150. The molecule has 5 N–H and O–H groups in total. The number of carboxylic acids is 3. The number of rotatable bonds is 14. The number of hydrogen-bond donors (Lipinski definition) is 5. The predicted molar refractivity (Wildman–Crippen MR) is 146 cm³/mol. The van der Waals surface area contributed by atoms with Crippen LogP contribution < -0.4 is 0 Å². The Morgan fingerprint density at radius 1 is 1.02 bits per heavy atom. The second-order valence-electron chi connectivity index (χ2n) is 9.49. The fourth-order valence-corrected chi connectivity index (χ4v) is 4.14. The summed E-state index contributed by atoms with van der Waals surface area (Å²) in [6.45, 7) is 5.47. The molecule has 0 aliphatic heterocycles. The number of nitrogens with one attached hydrogen (secondary N) is 1. The van der Waals surface area contributed by atoms with Crippen molar-refractivity contribution < 1.29 is 39.2 Å². The molecule has 0 bridgehead atoms. The normalized spacial score (nSPS) is 11.2. The molecular formula is C28H33N5O8. The van der Waals surface area contributed by atoms with Crippen molar-refractivity contribution in [1.82, 2.24) is 24.6 Å². The molecule has 0 atom stereocenters. The maximum atomic E-state index is 10.3. The summed E-state index contributed by atoms with van der Waals surface area (Å²) in [6, 6.07) is 14.4. The van der Waals surface area contributed by atoms with Crippen molar-refractivity contribution >= 4 is 17.9 Å². The molecule has 3 aromatic heterocycles. The standard InChI is InChI=1S/C22H25N5O.C6H8O7/c1-18-8-9-21(28-18)16-27(12-5-11-26-13-10-23-17-26)15-20-14-24-25-22(20)19-6-3-2-4-7-19;7-3(8)1-6(13,5(11)12)2-4(9)10/h2-4,6-10,13-14,17H,5,11-12,15-16H2,1H3,(H,24,25);13H,1-2H2,(H,7,8)(H,9,10)(H,11,12). The van der Waals surface area contributed by atoms with Crippen molar-refractivity contribution in [1.29, 1.82) is 0 Å². The summed E-state index contributed by atoms with van der Waals surface area (Å²) in [7, 11) is 0. The third kappa shape index (κ3) is 9.74. The molecule has 4 rings (SSSR count). The van der Waals surface area contributed by atoms with E-state index < -0.39 is 36.4 Å². The molecule has 0 radical (unpaired) electrons. The highest BCUT2D eigenvalue weighted by molar-refractivity contribution is 5.88. The maximum absolute atomic E-state index is 10.3. The molecule has 3 heterocycles. The fraction of sp³-hybridized carbons (Fsp3) is 0.321. The Kier molecular flexibility index (Phi) is 11.0. The first-order valence-corrected chi connectivity index (χ1v) is 12.8. The Morgan fingerprint density at radius 3 is 2.29 bits per heavy atom. The van der Waals surface area contributed by atoms with E-state index in [2.05, 4.69) is 55.0 Å². The van der Waals surface area contributed by atoms with Crippen molar-refractivity contribution in [2.45, 2.75) is 51.4 Å². The number of aromatic nitrogens is 4. The molecule has 0 spiro atoms. The van der Waals surface area contributed by atoms with E-state index in [0.29, 0.717) is 0 Å². The fourth-order valence-electron chi connectivity index (χ4n) is 4.14. The first-order chi connectivity index (χ1) is 19.6. The number of aromatic amines is 1. The molecule has 218 valence electrons. The van der Waals surface area contributed by atoms with E-state index in [0.717, 1.165) is 55.4 Å². The van der Waals surface area contributed by atoms with E-state index in [1.54, 1.807) is 0 Å². The molecule has 4 aromatic rings. The third-order valence-corrected chi connectivity index (χ3v) is 6.09. The van der Waals surface area contributed by atoms with Crippen LogP contribution >= 0.6 is 0 Å². The molecule has 1 aromatic carbocycles. The molecule has 0 saturated heterocycles. The van der Waals surface area contributed by atoms with Gasteiger partial charge in [-0.25, -0.2) is 9.78 Å². The molecule has 0 aliphatic carbocycles. The van der Waals surface area contributed by atoms with E-state index in [4.69, 9.17) is 24.8 Å². The first kappa shape index (κ1) is 30.8. The van der Waals surface area contributed by atoms with Gasteiger partial charge >= 0.3 is 17.9 Å². The van der Waals surface area contributed by atoms with E-state index in [1.165, 1.54) is 5.56 Å². The van der Waals surface area contributed by atoms with E-state index >= 15 is 0 Å². The van der Waals surface area contributed by atoms with Gasteiger partial charge in [-0.1, -0.05) is 30.3 Å². The summed E-state index contributed by atoms with van der Waals surface area (Å²) in [6.07, 6.45) is 6.37. The molecular weight excluding hydrogens is 534 g/mol. The zero-order valence-electron chi connectivity index (χ0n) is 22.5. The van der Waals surface area contributed by atoms with Crippen molar-refractivity contribution in [2.75, 3.05) is 6.54 Å². The minimum absolute atomic E-state index is 0.775. The van der Waals surface area contributed by atoms with E-state index in [1.807, 2.05) is 44.0 Å². The number of aryl methyl sites for hydroxylation is 2. The molecule has 0 aliphatic rings. The van der Waals surface area contributed by atoms with Crippen molar-refractivity contribution in [3.63, 3.8) is 0 Å². The molecule has 0 amide bonds. The highest BCUT2D eigenvalue weighted by Crippen LogP contribution is 2.23. The number of aliphatic hydroxyl groups is 1. The number of aliphatic carboxylic acids is 3. The van der Waals surface area contributed by atoms with E-state index in [-0.39, 0.29) is 0 Å². The summed E-state index contributed by atoms with van der Waals surface area (Å²) in [5.74, 6) is -3.08. The number of nitrogens with zero attached hydrogens (tertiary/aromatic N) is 4. The number of hydrogen-bond acceptors (Lipinski definition) is 8. The number of furan rings is 1. The number of benzene rings is 1. The minimum Gasteiger partial charge on any atom is -0.481 e. The van der Waals surface area contributed by atoms with Crippen LogP contribution in [0.4, 0.5) is 0 Å². The van der Waals surface area contributed by atoms with E-state index in [9.17, 15) is 14.4 Å². The molecule has 0 saturated carbocycles. The lowest BCUT2D eigenvalue weighted by atomic mass is 9.96. The summed E-state index contributed by atoms with van der Waals surface area (Å²) >= 11 is 0. The van der Waals surface area contributed by atoms with Crippen LogP contribution in [0, 0.1) is 6.92 Å². The van der Waals surface area contributed by atoms with Gasteiger partial charge in [0.25, 0.3) is 0 Å². The zero-order valence-corrected chi connectivity index (χ0v) is 22.5. The lowest BCUT2D eigenvalue weighted by molar-refractivity contribution is -0.170. The number of imidazole rings is 1. The average Bonchev–Trinajstić information content (AvgIpc) is 3.67. The predicted octanol–water partition coefficient (Wildman–Crippen LogP) is 3.02. The Hall–Kier alpha value is -4.75. The second kappa shape index (κ2) is 14.6. The van der Waals surface area contributed by atoms with Gasteiger partial charge in [-0.2, -0.15) is 5.10 Å². The van der Waals surface area contributed by atoms with Crippen LogP contribution in [0.25, 0.3) is 11.3 Å². The first-order valence-electron chi connectivity index (χ1n) is 12.8. The van der Waals surface area contributed by atoms with Gasteiger partial charge in [-0.15, -0.1) is 0 Å². The molecule has 41 heavy (non-hydrogen) atoms. The highest BCUT2D eigenvalue weighted by Gasteiger charge is 2.40. The summed E-state index contributed by atoms with van der Waals surface area (Å²) in [5.41, 5.74) is 0.688. The van der Waals surface area contributed by atoms with Crippen molar-refractivity contribution in [3.05, 3.63) is 84.5 Å². The third-order valence-electron chi connectivity index (χ3n) is 6.09. The Bertz CT molecular complexity index is 1380. The van der Waals surface area contributed by atoms with Crippen molar-refractivity contribution in [3.8, 4) is 11.3 Å². The lowest BCUT2D eigenvalue weighted by Crippen LogP contribution is -2.42. The van der Waals surface area contributed by atoms with Crippen LogP contribution in [0.5, 0.6) is 0 Å². The number of H-pyrrole nitrogens is 1. The second-order valence-corrected chi connectivity index (χ2v) is 9.49. The van der Waals surface area contributed by atoms with Crippen LogP contribution in [-0.4, -0.2) is 75.1 Å². The van der Waals surface area contributed by atoms with Crippen LogP contribution in [0.3, 0.4) is 0 Å². The molecule has 13 heteroatoms. The summed E-state index contributed by atoms with van der Waals surface area (Å²) in [4.78, 5) is 37.0. The van der Waals surface area contributed by atoms with Gasteiger partial charge in [0.05, 0.1) is 37.6 Å². The highest BCUT2D eigenvalue weighted by atomic mass is 16.4. The minimum atomic E-state index is -2.74. The monoisotopic (exact) mass is 567 g/mol. The number of carboxylic acid groups (broad SMARTS) is 3. The average molecular weight is 568 g/mol. The van der Waals surface area contributed by atoms with Gasteiger partial charge < -0.3 is 29.4 Å². The van der Waals surface area contributed by atoms with Gasteiger partial charge in [0.2, 0.25) is 0 Å². The Morgan fingerprint density at radius 2 is 1.73 bits per heavy atom. The number of carbonyl (C=O) groups is 3. The van der Waals surface area contributed by atoms with Crippen LogP contribution in [-0.2, 0) is 34.0 Å². The smallest absolute Gasteiger partial charge is 0.336 e. The van der Waals surface area contributed by atoms with Gasteiger partial charge in [-0.05, 0) is 31.0 Å². The molecule has 0 unspecified atom stereocenters. The Labute approximate surface area is 235 Å². The molecule has 13 nitrogen and oxygen atoms in total. The largest absolute Gasteiger partial charge is 0.481 e. The van der Waals surface area contributed by atoms with Gasteiger partial charge in [0.1, 0.15) is 11.5 Å². The summed E-state index contributed by atoms with van der Waals surface area (Å²) < 4.78 is 7.93. The van der Waals surface area contributed by atoms with Crippen LogP contribution in [0.2, 0.25) is 0 Å². The maximum Gasteiger partial charge on any atom is 0.336 e.